The number of aliphatic hydroxyl groups excluding tert-OH is 3. The zero-order valence-corrected chi connectivity index (χ0v) is 18.9. The summed E-state index contributed by atoms with van der Waals surface area (Å²) in [5.41, 5.74) is 0. The molecule has 29 heavy (non-hydrogen) atoms. The van der Waals surface area contributed by atoms with Crippen LogP contribution >= 0.6 is 0 Å². The van der Waals surface area contributed by atoms with E-state index in [1.54, 1.807) is 0 Å². The topological polar surface area (TPSA) is 79.2 Å². The minimum atomic E-state index is -0.885. The first-order chi connectivity index (χ1) is 14.2. The number of rotatable bonds is 23. The third-order valence-corrected chi connectivity index (χ3v) is 4.94. The number of ether oxygens (including phenoxy) is 2. The van der Waals surface area contributed by atoms with Gasteiger partial charge in [0.2, 0.25) is 0 Å². The van der Waals surface area contributed by atoms with Crippen LogP contribution in [0.15, 0.2) is 12.2 Å². The van der Waals surface area contributed by atoms with Gasteiger partial charge in [-0.05, 0) is 32.1 Å². The Morgan fingerprint density at radius 1 is 0.621 bits per heavy atom. The molecule has 2 atom stereocenters. The van der Waals surface area contributed by atoms with Crippen molar-refractivity contribution >= 4 is 0 Å². The summed E-state index contributed by atoms with van der Waals surface area (Å²) in [6.45, 7) is 2.99. The Kier molecular flexibility index (Phi) is 23.4. The quantitative estimate of drug-likeness (QED) is 0.165. The summed E-state index contributed by atoms with van der Waals surface area (Å²) in [7, 11) is 0. The number of hydrogen-bond acceptors (Lipinski definition) is 5. The fourth-order valence-electron chi connectivity index (χ4n) is 3.11. The van der Waals surface area contributed by atoms with Gasteiger partial charge in [0.25, 0.3) is 0 Å². The maximum absolute atomic E-state index is 9.67. The monoisotopic (exact) mass is 416 g/mol. The fourth-order valence-corrected chi connectivity index (χ4v) is 3.11. The Balaban J connectivity index is 3.19. The second-order valence-electron chi connectivity index (χ2n) is 8.04. The molecule has 2 unspecified atom stereocenters. The average molecular weight is 417 g/mol. The molecule has 3 N–H and O–H groups in total. The van der Waals surface area contributed by atoms with E-state index < -0.39 is 12.2 Å². The molecule has 0 saturated heterocycles. The van der Waals surface area contributed by atoms with Crippen molar-refractivity contribution in [2.24, 2.45) is 0 Å². The molecule has 5 heteroatoms. The van der Waals surface area contributed by atoms with Crippen LogP contribution in [0.4, 0.5) is 0 Å². The predicted molar refractivity (Wildman–Crippen MR) is 120 cm³/mol. The lowest BCUT2D eigenvalue weighted by Gasteiger charge is -2.13. The van der Waals surface area contributed by atoms with E-state index >= 15 is 0 Å². The van der Waals surface area contributed by atoms with Gasteiger partial charge >= 0.3 is 0 Å². The van der Waals surface area contributed by atoms with Crippen LogP contribution < -0.4 is 0 Å². The first-order valence-corrected chi connectivity index (χ1v) is 12.0. The molecule has 0 bridgehead atoms. The second-order valence-corrected chi connectivity index (χ2v) is 8.04. The summed E-state index contributed by atoms with van der Waals surface area (Å²) in [6, 6.07) is 0. The van der Waals surface area contributed by atoms with Crippen molar-refractivity contribution in [1.29, 1.82) is 0 Å². The van der Waals surface area contributed by atoms with Gasteiger partial charge < -0.3 is 24.8 Å². The van der Waals surface area contributed by atoms with E-state index in [9.17, 15) is 5.11 Å². The van der Waals surface area contributed by atoms with Crippen molar-refractivity contribution in [2.45, 2.75) is 109 Å². The van der Waals surface area contributed by atoms with E-state index in [0.29, 0.717) is 6.61 Å². The van der Waals surface area contributed by atoms with E-state index in [1.165, 1.54) is 83.5 Å². The van der Waals surface area contributed by atoms with E-state index in [1.807, 2.05) is 0 Å². The highest BCUT2D eigenvalue weighted by Crippen LogP contribution is 2.10. The number of aliphatic hydroxyl groups is 3. The normalized spacial score (nSPS) is 13.9. The third kappa shape index (κ3) is 23.7. The summed E-state index contributed by atoms with van der Waals surface area (Å²) < 4.78 is 10.5. The zero-order chi connectivity index (χ0) is 21.4. The lowest BCUT2D eigenvalue weighted by atomic mass is 10.1. The fraction of sp³-hybridized carbons (Fsp3) is 0.917. The molecule has 0 aliphatic heterocycles. The van der Waals surface area contributed by atoms with Gasteiger partial charge in [-0.25, -0.2) is 0 Å². The molecule has 0 spiro atoms. The van der Waals surface area contributed by atoms with Gasteiger partial charge in [-0.15, -0.1) is 0 Å². The molecule has 0 amide bonds. The number of unbranched alkanes of at least 4 members (excludes halogenated alkanes) is 12. The van der Waals surface area contributed by atoms with Gasteiger partial charge in [-0.1, -0.05) is 76.9 Å². The van der Waals surface area contributed by atoms with Gasteiger partial charge in [0.1, 0.15) is 12.2 Å². The summed E-state index contributed by atoms with van der Waals surface area (Å²) in [6.07, 6.45) is 21.2. The molecule has 0 aromatic carbocycles. The molecule has 0 aliphatic rings. The van der Waals surface area contributed by atoms with E-state index in [0.717, 1.165) is 6.42 Å². The number of hydrogen-bond donors (Lipinski definition) is 3. The first-order valence-electron chi connectivity index (χ1n) is 12.0. The van der Waals surface area contributed by atoms with Crippen LogP contribution in [0.1, 0.15) is 96.8 Å². The lowest BCUT2D eigenvalue weighted by molar-refractivity contribution is -0.0481. The van der Waals surface area contributed by atoms with E-state index in [4.69, 9.17) is 19.7 Å². The summed E-state index contributed by atoms with van der Waals surface area (Å²) in [4.78, 5) is 0. The Morgan fingerprint density at radius 3 is 1.69 bits per heavy atom. The zero-order valence-electron chi connectivity index (χ0n) is 18.9. The second kappa shape index (κ2) is 23.8. The molecule has 0 heterocycles. The van der Waals surface area contributed by atoms with Crippen molar-refractivity contribution in [3.8, 4) is 0 Å². The summed E-state index contributed by atoms with van der Waals surface area (Å²) in [5, 5.41) is 27.4. The molecule has 174 valence electrons. The Labute approximate surface area is 179 Å². The molecule has 0 aliphatic carbocycles. The van der Waals surface area contributed by atoms with E-state index in [-0.39, 0.29) is 26.4 Å². The first kappa shape index (κ1) is 28.5. The van der Waals surface area contributed by atoms with Gasteiger partial charge in [-0.2, -0.15) is 0 Å². The van der Waals surface area contributed by atoms with Crippen LogP contribution in [0.25, 0.3) is 0 Å². The Bertz CT molecular complexity index is 335. The van der Waals surface area contributed by atoms with Crippen LogP contribution in [0.2, 0.25) is 0 Å². The minimum absolute atomic E-state index is 0.0302. The smallest absolute Gasteiger partial charge is 0.101 e. The molecular weight excluding hydrogens is 368 g/mol. The average Bonchev–Trinajstić information content (AvgIpc) is 2.72. The molecule has 0 aromatic rings. The van der Waals surface area contributed by atoms with Crippen LogP contribution in [0.5, 0.6) is 0 Å². The molecule has 0 saturated carbocycles. The summed E-state index contributed by atoms with van der Waals surface area (Å²) >= 11 is 0. The molecular formula is C24H48O5. The van der Waals surface area contributed by atoms with Crippen molar-refractivity contribution in [3.05, 3.63) is 12.2 Å². The standard InChI is InChI=1S/C24H48O5/c1-2-3-4-5-6-7-8-9-10-11-12-13-14-15-16-17-18-28-21-24(27)22-29-20-23(26)19-25/h9-10,23-27H,2-8,11-22H2,1H3/b10-9+. The lowest BCUT2D eigenvalue weighted by Crippen LogP contribution is -2.26. The SMILES string of the molecule is CCCCCCCC/C=C/CCCCCCCCOCC(O)COCC(O)CO. The maximum atomic E-state index is 9.67. The van der Waals surface area contributed by atoms with Gasteiger partial charge in [0.15, 0.2) is 0 Å². The third-order valence-electron chi connectivity index (χ3n) is 4.94. The van der Waals surface area contributed by atoms with Crippen LogP contribution in [0, 0.1) is 0 Å². The van der Waals surface area contributed by atoms with Crippen molar-refractivity contribution in [1.82, 2.24) is 0 Å². The minimum Gasteiger partial charge on any atom is -0.394 e. The van der Waals surface area contributed by atoms with Gasteiger partial charge in [-0.3, -0.25) is 0 Å². The Morgan fingerprint density at radius 2 is 1.10 bits per heavy atom. The Hall–Kier alpha value is -0.460. The van der Waals surface area contributed by atoms with Crippen molar-refractivity contribution in [2.75, 3.05) is 33.0 Å². The van der Waals surface area contributed by atoms with Crippen molar-refractivity contribution in [3.63, 3.8) is 0 Å². The molecule has 5 nitrogen and oxygen atoms in total. The molecule has 0 rings (SSSR count). The van der Waals surface area contributed by atoms with Gasteiger partial charge in [0, 0.05) is 6.61 Å². The highest BCUT2D eigenvalue weighted by Gasteiger charge is 2.07. The predicted octanol–water partition coefficient (Wildman–Crippen LogP) is 4.77. The summed E-state index contributed by atoms with van der Waals surface area (Å²) in [5.74, 6) is 0. The highest BCUT2D eigenvalue weighted by molar-refractivity contribution is 4.81. The van der Waals surface area contributed by atoms with Crippen LogP contribution in [-0.4, -0.2) is 60.6 Å². The van der Waals surface area contributed by atoms with Crippen LogP contribution in [0.3, 0.4) is 0 Å². The molecule has 0 fully saturated rings. The largest absolute Gasteiger partial charge is 0.394 e. The van der Waals surface area contributed by atoms with Gasteiger partial charge in [0.05, 0.1) is 26.4 Å². The van der Waals surface area contributed by atoms with Crippen molar-refractivity contribution < 1.29 is 24.8 Å². The van der Waals surface area contributed by atoms with E-state index in [2.05, 4.69) is 19.1 Å². The molecule has 0 aromatic heterocycles. The molecule has 0 radical (unpaired) electrons. The van der Waals surface area contributed by atoms with Crippen LogP contribution in [-0.2, 0) is 9.47 Å². The highest BCUT2D eigenvalue weighted by atomic mass is 16.5. The maximum Gasteiger partial charge on any atom is 0.101 e. The number of allylic oxidation sites excluding steroid dienone is 2.